The number of carbonyl (C=O) groups is 1. The largest absolute Gasteiger partial charge is 0.358 e. The Morgan fingerprint density at radius 1 is 1.00 bits per heavy atom. The summed E-state index contributed by atoms with van der Waals surface area (Å²) >= 11 is 0. The van der Waals surface area contributed by atoms with Gasteiger partial charge in [-0.25, -0.2) is 9.97 Å². The van der Waals surface area contributed by atoms with E-state index in [0.717, 1.165) is 44.6 Å². The van der Waals surface area contributed by atoms with Gasteiger partial charge in [-0.1, -0.05) is 18.2 Å². The normalized spacial score (nSPS) is 11.2. The van der Waals surface area contributed by atoms with Crippen molar-refractivity contribution in [2.24, 2.45) is 0 Å². The quantitative estimate of drug-likeness (QED) is 0.591. The maximum Gasteiger partial charge on any atom is 0.251 e. The highest BCUT2D eigenvalue weighted by Gasteiger charge is 2.12. The minimum absolute atomic E-state index is 0.114. The van der Waals surface area contributed by atoms with Gasteiger partial charge < -0.3 is 10.3 Å². The van der Waals surface area contributed by atoms with Crippen molar-refractivity contribution in [2.45, 2.75) is 27.3 Å². The van der Waals surface area contributed by atoms with E-state index in [-0.39, 0.29) is 5.91 Å². The van der Waals surface area contributed by atoms with E-state index in [2.05, 4.69) is 26.3 Å². The molecule has 26 heavy (non-hydrogen) atoms. The molecule has 5 nitrogen and oxygen atoms in total. The number of aryl methyl sites for hydroxylation is 3. The number of fused-ring (bicyclic) bond motifs is 2. The Morgan fingerprint density at radius 2 is 1.73 bits per heavy atom. The second-order valence-corrected chi connectivity index (χ2v) is 6.55. The average Bonchev–Trinajstić information content (AvgIpc) is 2.95. The van der Waals surface area contributed by atoms with Gasteiger partial charge in [-0.05, 0) is 50.6 Å². The molecule has 2 aromatic heterocycles. The molecule has 130 valence electrons. The van der Waals surface area contributed by atoms with Crippen LogP contribution in [0.5, 0.6) is 0 Å². The van der Waals surface area contributed by atoms with E-state index >= 15 is 0 Å². The Kier molecular flexibility index (Phi) is 3.92. The summed E-state index contributed by atoms with van der Waals surface area (Å²) in [6.45, 7) is 6.36. The predicted molar refractivity (Wildman–Crippen MR) is 103 cm³/mol. The standard InChI is InChI=1S/C21H20N4O/c1-12-13(2)24-20-10-15(8-9-19(20)23-12)21(26)22-11-17-14(3)25-18-7-5-4-6-16(17)18/h4-10,25H,11H2,1-3H3,(H,22,26). The SMILES string of the molecule is Cc1nc2ccc(C(=O)NCc3c(C)[nH]c4ccccc34)cc2nc1C. The summed E-state index contributed by atoms with van der Waals surface area (Å²) in [7, 11) is 0. The molecule has 0 spiro atoms. The minimum atomic E-state index is -0.114. The summed E-state index contributed by atoms with van der Waals surface area (Å²) < 4.78 is 0. The fraction of sp³-hybridized carbons (Fsp3) is 0.190. The van der Waals surface area contributed by atoms with Gasteiger partial charge in [0.1, 0.15) is 0 Å². The van der Waals surface area contributed by atoms with Gasteiger partial charge in [-0.3, -0.25) is 4.79 Å². The Morgan fingerprint density at radius 3 is 2.54 bits per heavy atom. The number of rotatable bonds is 3. The highest BCUT2D eigenvalue weighted by molar-refractivity contribution is 5.97. The van der Waals surface area contributed by atoms with E-state index < -0.39 is 0 Å². The minimum Gasteiger partial charge on any atom is -0.358 e. The number of amides is 1. The van der Waals surface area contributed by atoms with E-state index in [1.807, 2.05) is 45.0 Å². The van der Waals surface area contributed by atoms with Crippen molar-refractivity contribution < 1.29 is 4.79 Å². The maximum absolute atomic E-state index is 12.6. The van der Waals surface area contributed by atoms with E-state index in [1.165, 1.54) is 0 Å². The van der Waals surface area contributed by atoms with Gasteiger partial charge in [0.25, 0.3) is 5.91 Å². The van der Waals surface area contributed by atoms with Gasteiger partial charge in [-0.15, -0.1) is 0 Å². The number of H-pyrrole nitrogens is 1. The zero-order chi connectivity index (χ0) is 18.3. The van der Waals surface area contributed by atoms with Crippen LogP contribution in [0.25, 0.3) is 21.9 Å². The molecule has 0 fully saturated rings. The van der Waals surface area contributed by atoms with E-state index in [0.29, 0.717) is 12.1 Å². The van der Waals surface area contributed by atoms with Crippen LogP contribution in [0, 0.1) is 20.8 Å². The van der Waals surface area contributed by atoms with Crippen molar-refractivity contribution in [1.29, 1.82) is 0 Å². The Hall–Kier alpha value is -3.21. The summed E-state index contributed by atoms with van der Waals surface area (Å²) in [5.41, 5.74) is 7.19. The number of nitrogens with one attached hydrogen (secondary N) is 2. The molecular weight excluding hydrogens is 324 g/mol. The third-order valence-corrected chi connectivity index (χ3v) is 4.79. The molecule has 0 unspecified atom stereocenters. The van der Waals surface area contributed by atoms with Gasteiger partial charge in [0.15, 0.2) is 0 Å². The van der Waals surface area contributed by atoms with Crippen LogP contribution in [0.2, 0.25) is 0 Å². The van der Waals surface area contributed by atoms with Crippen LogP contribution in [0.3, 0.4) is 0 Å². The lowest BCUT2D eigenvalue weighted by molar-refractivity contribution is 0.0951. The van der Waals surface area contributed by atoms with E-state index in [4.69, 9.17) is 0 Å². The van der Waals surface area contributed by atoms with Gasteiger partial charge in [-0.2, -0.15) is 0 Å². The summed E-state index contributed by atoms with van der Waals surface area (Å²) in [5.74, 6) is -0.114. The summed E-state index contributed by atoms with van der Waals surface area (Å²) in [6, 6.07) is 13.6. The third kappa shape index (κ3) is 2.81. The van der Waals surface area contributed by atoms with Crippen LogP contribution >= 0.6 is 0 Å². The molecule has 0 bridgehead atoms. The highest BCUT2D eigenvalue weighted by atomic mass is 16.1. The van der Waals surface area contributed by atoms with Crippen molar-refractivity contribution in [2.75, 3.05) is 0 Å². The fourth-order valence-electron chi connectivity index (χ4n) is 3.21. The van der Waals surface area contributed by atoms with Crippen LogP contribution in [-0.2, 0) is 6.54 Å². The van der Waals surface area contributed by atoms with E-state index in [1.54, 1.807) is 12.1 Å². The number of aromatic amines is 1. The molecule has 1 amide bonds. The Labute approximate surface area is 151 Å². The number of para-hydroxylation sites is 1. The van der Waals surface area contributed by atoms with Gasteiger partial charge in [0, 0.05) is 28.7 Å². The Balaban J connectivity index is 1.59. The molecule has 5 heteroatoms. The molecular formula is C21H20N4O. The molecule has 4 rings (SSSR count). The molecule has 0 saturated carbocycles. The lowest BCUT2D eigenvalue weighted by Crippen LogP contribution is -2.23. The first-order valence-electron chi connectivity index (χ1n) is 8.62. The third-order valence-electron chi connectivity index (χ3n) is 4.79. The first-order valence-corrected chi connectivity index (χ1v) is 8.62. The second-order valence-electron chi connectivity index (χ2n) is 6.55. The first kappa shape index (κ1) is 16.3. The van der Waals surface area contributed by atoms with Crippen molar-refractivity contribution in [3.8, 4) is 0 Å². The second kappa shape index (κ2) is 6.26. The van der Waals surface area contributed by atoms with Gasteiger partial charge >= 0.3 is 0 Å². The van der Waals surface area contributed by atoms with Crippen molar-refractivity contribution >= 4 is 27.8 Å². The zero-order valence-electron chi connectivity index (χ0n) is 15.1. The van der Waals surface area contributed by atoms with Crippen molar-refractivity contribution in [1.82, 2.24) is 20.3 Å². The fourth-order valence-corrected chi connectivity index (χ4v) is 3.21. The van der Waals surface area contributed by atoms with Crippen LogP contribution in [0.4, 0.5) is 0 Å². The summed E-state index contributed by atoms with van der Waals surface area (Å²) in [6.07, 6.45) is 0. The smallest absolute Gasteiger partial charge is 0.251 e. The summed E-state index contributed by atoms with van der Waals surface area (Å²) in [5, 5.41) is 4.16. The molecule has 0 radical (unpaired) electrons. The summed E-state index contributed by atoms with van der Waals surface area (Å²) in [4.78, 5) is 25.0. The molecule has 0 aliphatic heterocycles. The molecule has 0 atom stereocenters. The first-order chi connectivity index (χ1) is 12.5. The molecule has 0 aliphatic rings. The van der Waals surface area contributed by atoms with Crippen LogP contribution in [0.15, 0.2) is 42.5 Å². The molecule has 2 heterocycles. The molecule has 4 aromatic rings. The van der Waals surface area contributed by atoms with Crippen LogP contribution < -0.4 is 5.32 Å². The number of benzene rings is 2. The van der Waals surface area contributed by atoms with Gasteiger partial charge in [0.2, 0.25) is 0 Å². The maximum atomic E-state index is 12.6. The average molecular weight is 344 g/mol. The predicted octanol–water partition coefficient (Wildman–Crippen LogP) is 3.97. The topological polar surface area (TPSA) is 70.7 Å². The number of hydrogen-bond acceptors (Lipinski definition) is 3. The number of carbonyl (C=O) groups excluding carboxylic acids is 1. The number of hydrogen-bond donors (Lipinski definition) is 2. The Bertz CT molecular complexity index is 1140. The lowest BCUT2D eigenvalue weighted by atomic mass is 10.1. The molecule has 2 N–H and O–H groups in total. The number of aromatic nitrogens is 3. The number of nitrogens with zero attached hydrogens (tertiary/aromatic N) is 2. The van der Waals surface area contributed by atoms with Crippen molar-refractivity contribution in [3.63, 3.8) is 0 Å². The van der Waals surface area contributed by atoms with E-state index in [9.17, 15) is 4.79 Å². The van der Waals surface area contributed by atoms with Gasteiger partial charge in [0.05, 0.1) is 22.4 Å². The van der Waals surface area contributed by atoms with Crippen LogP contribution in [0.1, 0.15) is 33.0 Å². The molecule has 0 saturated heterocycles. The van der Waals surface area contributed by atoms with Crippen molar-refractivity contribution in [3.05, 3.63) is 70.7 Å². The monoisotopic (exact) mass is 344 g/mol. The molecule has 0 aliphatic carbocycles. The highest BCUT2D eigenvalue weighted by Crippen LogP contribution is 2.22. The van der Waals surface area contributed by atoms with Crippen LogP contribution in [-0.4, -0.2) is 20.9 Å². The zero-order valence-corrected chi connectivity index (χ0v) is 15.1. The molecule has 2 aromatic carbocycles. The lowest BCUT2D eigenvalue weighted by Gasteiger charge is -2.08.